The first-order valence-corrected chi connectivity index (χ1v) is 2.96. The molecule has 0 unspecified atom stereocenters. The molecule has 0 heterocycles. The molecule has 0 aromatic heterocycles. The molecular formula is H6Cl2NiO3. The summed E-state index contributed by atoms with van der Waals surface area (Å²) in [5, 5.41) is 0. The summed E-state index contributed by atoms with van der Waals surface area (Å²) < 4.78 is 0. The number of rotatable bonds is 0. The van der Waals surface area contributed by atoms with E-state index in [9.17, 15) is 0 Å². The fourth-order valence-corrected chi connectivity index (χ4v) is 0. The zero-order valence-corrected chi connectivity index (χ0v) is 5.07. The fourth-order valence-electron chi connectivity index (χ4n) is 0. The molecule has 0 bridgehead atoms. The normalized spacial score (nSPS) is 3.67. The molecule has 6 N–H and O–H groups in total. The summed E-state index contributed by atoms with van der Waals surface area (Å²) >= 11 is 0.569. The van der Waals surface area contributed by atoms with E-state index >= 15 is 0 Å². The molecule has 48 valence electrons. The Morgan fingerprint density at radius 1 is 0.833 bits per heavy atom. The van der Waals surface area contributed by atoms with Gasteiger partial charge in [0.25, 0.3) is 0 Å². The standard InChI is InChI=1S/2ClH.Ni.3H2O/h2*1H;;3*1H2/q;;+2;;;/p-2. The van der Waals surface area contributed by atoms with Crippen molar-refractivity contribution in [1.29, 1.82) is 0 Å². The Kier molecular flexibility index (Phi) is 180. The van der Waals surface area contributed by atoms with Gasteiger partial charge in [-0.05, 0) is 0 Å². The Bertz CT molecular complexity index is 8.75. The first-order chi connectivity index (χ1) is 1.41. The Hall–Kier alpha value is 0.954. The second-order valence-electron chi connectivity index (χ2n) is 0.0452. The van der Waals surface area contributed by atoms with Crippen LogP contribution >= 0.6 is 20.4 Å². The summed E-state index contributed by atoms with van der Waals surface area (Å²) in [6, 6.07) is 0. The number of halogens is 2. The molecule has 0 saturated heterocycles. The van der Waals surface area contributed by atoms with E-state index in [2.05, 4.69) is 0 Å². The Morgan fingerprint density at radius 2 is 0.833 bits per heavy atom. The molecule has 0 amide bonds. The van der Waals surface area contributed by atoms with E-state index in [1.165, 1.54) is 0 Å². The molecule has 0 rings (SSSR count). The monoisotopic (exact) mass is 182 g/mol. The van der Waals surface area contributed by atoms with Gasteiger partial charge in [0.15, 0.2) is 0 Å². The molecule has 0 radical (unpaired) electrons. The van der Waals surface area contributed by atoms with E-state index < -0.39 is 0 Å². The van der Waals surface area contributed by atoms with Crippen molar-refractivity contribution in [2.75, 3.05) is 0 Å². The maximum absolute atomic E-state index is 4.70. The summed E-state index contributed by atoms with van der Waals surface area (Å²) in [6.07, 6.45) is 0. The molecular weight excluding hydrogens is 178 g/mol. The molecule has 6 heteroatoms. The minimum atomic E-state index is 0. The van der Waals surface area contributed by atoms with Crippen LogP contribution in [0.15, 0.2) is 0 Å². The Labute approximate surface area is 49.9 Å². The SMILES string of the molecule is O.O.O.[Cl][Ni][Cl]. The number of hydrogen-bond donors (Lipinski definition) is 0. The van der Waals surface area contributed by atoms with Crippen molar-refractivity contribution in [2.45, 2.75) is 0 Å². The van der Waals surface area contributed by atoms with Crippen molar-refractivity contribution in [3.8, 4) is 0 Å². The molecule has 0 aliphatic carbocycles. The maximum atomic E-state index is 4.70. The van der Waals surface area contributed by atoms with Crippen LogP contribution in [0, 0.1) is 0 Å². The van der Waals surface area contributed by atoms with E-state index in [1.807, 2.05) is 0 Å². The van der Waals surface area contributed by atoms with Gasteiger partial charge in [-0.25, -0.2) is 0 Å². The van der Waals surface area contributed by atoms with Crippen LogP contribution in [0.25, 0.3) is 0 Å². The molecule has 0 fully saturated rings. The van der Waals surface area contributed by atoms with Gasteiger partial charge in [0.1, 0.15) is 0 Å². The third kappa shape index (κ3) is 85.2. The van der Waals surface area contributed by atoms with Crippen molar-refractivity contribution in [2.24, 2.45) is 0 Å². The van der Waals surface area contributed by atoms with E-state index in [4.69, 9.17) is 20.4 Å². The van der Waals surface area contributed by atoms with Gasteiger partial charge in [-0.3, -0.25) is 0 Å². The zero-order valence-electron chi connectivity index (χ0n) is 2.57. The topological polar surface area (TPSA) is 94.5 Å². The summed E-state index contributed by atoms with van der Waals surface area (Å²) in [5.41, 5.74) is 0. The van der Waals surface area contributed by atoms with E-state index in [0.717, 1.165) is 0 Å². The fraction of sp³-hybridized carbons (Fsp3) is 0. The molecule has 0 aliphatic heterocycles. The van der Waals surface area contributed by atoms with Gasteiger partial charge in [-0.2, -0.15) is 0 Å². The van der Waals surface area contributed by atoms with Gasteiger partial charge in [0.05, 0.1) is 0 Å². The van der Waals surface area contributed by atoms with E-state index in [-0.39, 0.29) is 16.4 Å². The van der Waals surface area contributed by atoms with Gasteiger partial charge in [-0.15, -0.1) is 0 Å². The first kappa shape index (κ1) is 28.3. The van der Waals surface area contributed by atoms with Crippen LogP contribution in [0.5, 0.6) is 0 Å². The second-order valence-corrected chi connectivity index (χ2v) is 1.68. The van der Waals surface area contributed by atoms with Crippen LogP contribution < -0.4 is 0 Å². The predicted octanol–water partition coefficient (Wildman–Crippen LogP) is -1.10. The Morgan fingerprint density at radius 3 is 0.833 bits per heavy atom. The summed E-state index contributed by atoms with van der Waals surface area (Å²) in [6.45, 7) is 0. The van der Waals surface area contributed by atoms with Crippen LogP contribution in [0.3, 0.4) is 0 Å². The third-order valence-electron chi connectivity index (χ3n) is 0. The first-order valence-electron chi connectivity index (χ1n) is 0.239. The summed E-state index contributed by atoms with van der Waals surface area (Å²) in [7, 11) is 9.40. The van der Waals surface area contributed by atoms with Gasteiger partial charge in [0, 0.05) is 0 Å². The van der Waals surface area contributed by atoms with Crippen LogP contribution in [-0.2, 0) is 12.7 Å². The third-order valence-corrected chi connectivity index (χ3v) is 0. The molecule has 0 aromatic rings. The molecule has 0 aliphatic rings. The van der Waals surface area contributed by atoms with E-state index in [0.29, 0.717) is 12.7 Å². The van der Waals surface area contributed by atoms with Crippen molar-refractivity contribution >= 4 is 20.4 Å². The average Bonchev–Trinajstić information content (AvgIpc) is 0.918. The van der Waals surface area contributed by atoms with E-state index in [1.54, 1.807) is 0 Å². The molecule has 3 nitrogen and oxygen atoms in total. The van der Waals surface area contributed by atoms with Crippen LogP contribution in [0.4, 0.5) is 0 Å². The van der Waals surface area contributed by atoms with Crippen molar-refractivity contribution < 1.29 is 29.1 Å². The van der Waals surface area contributed by atoms with Gasteiger partial charge in [0.2, 0.25) is 0 Å². The molecule has 0 atom stereocenters. The van der Waals surface area contributed by atoms with Crippen LogP contribution in [-0.4, -0.2) is 16.4 Å². The second kappa shape index (κ2) is 38.3. The van der Waals surface area contributed by atoms with Gasteiger partial charge < -0.3 is 16.4 Å². The van der Waals surface area contributed by atoms with Gasteiger partial charge in [-0.1, -0.05) is 0 Å². The van der Waals surface area contributed by atoms with Crippen molar-refractivity contribution in [3.05, 3.63) is 0 Å². The summed E-state index contributed by atoms with van der Waals surface area (Å²) in [4.78, 5) is 0. The Balaban J connectivity index is -0.00000000667. The van der Waals surface area contributed by atoms with Gasteiger partial charge >= 0.3 is 33.0 Å². The average molecular weight is 184 g/mol. The zero-order chi connectivity index (χ0) is 2.71. The summed E-state index contributed by atoms with van der Waals surface area (Å²) in [5.74, 6) is 0. The number of hydrogen-bond acceptors (Lipinski definition) is 0. The van der Waals surface area contributed by atoms with Crippen molar-refractivity contribution in [1.82, 2.24) is 0 Å². The van der Waals surface area contributed by atoms with Crippen LogP contribution in [0.1, 0.15) is 0 Å². The van der Waals surface area contributed by atoms with Crippen molar-refractivity contribution in [3.63, 3.8) is 0 Å². The van der Waals surface area contributed by atoms with Crippen LogP contribution in [0.2, 0.25) is 0 Å². The minimum absolute atomic E-state index is 0. The molecule has 6 heavy (non-hydrogen) atoms. The molecule has 0 spiro atoms. The predicted molar refractivity (Wildman–Crippen MR) is 22.5 cm³/mol. The molecule has 0 saturated carbocycles. The quantitative estimate of drug-likeness (QED) is 0.427. The molecule has 0 aromatic carbocycles.